The van der Waals surface area contributed by atoms with Crippen molar-refractivity contribution < 1.29 is 19.1 Å². The van der Waals surface area contributed by atoms with Gasteiger partial charge in [0.1, 0.15) is 5.00 Å². The molecule has 1 unspecified atom stereocenters. The van der Waals surface area contributed by atoms with E-state index in [4.69, 9.17) is 9.47 Å². The van der Waals surface area contributed by atoms with E-state index in [1.165, 1.54) is 23.1 Å². The predicted molar refractivity (Wildman–Crippen MR) is 108 cm³/mol. The number of esters is 1. The highest BCUT2D eigenvalue weighted by atomic mass is 32.2. The molecule has 11 heteroatoms. The van der Waals surface area contributed by atoms with Gasteiger partial charge < -0.3 is 14.8 Å². The van der Waals surface area contributed by atoms with Crippen LogP contribution in [0.25, 0.3) is 0 Å². The maximum atomic E-state index is 12.5. The summed E-state index contributed by atoms with van der Waals surface area (Å²) >= 11 is 2.74. The van der Waals surface area contributed by atoms with Crippen LogP contribution in [-0.2, 0) is 33.7 Å². The smallest absolute Gasteiger partial charge is 0.341 e. The summed E-state index contributed by atoms with van der Waals surface area (Å²) < 4.78 is 12.5. The Bertz CT molecular complexity index is 891. The standard InChI is InChI=1S/C18H23N5O4S2/c1-2-26-17(25)15-12-6-3-7-13(12)29-16(15)19-14(24)10-28-18-20-21-22-23(18)9-11-5-4-8-27-11/h11H,2-10H2,1H3,(H,19,24). The van der Waals surface area contributed by atoms with Gasteiger partial charge >= 0.3 is 5.97 Å². The summed E-state index contributed by atoms with van der Waals surface area (Å²) in [6, 6.07) is 0. The predicted octanol–water partition coefficient (Wildman–Crippen LogP) is 2.31. The summed E-state index contributed by atoms with van der Waals surface area (Å²) in [5, 5.41) is 15.8. The van der Waals surface area contributed by atoms with Crippen molar-refractivity contribution in [2.75, 3.05) is 24.3 Å². The second-order valence-electron chi connectivity index (χ2n) is 6.90. The third-order valence-corrected chi connectivity index (χ3v) is 7.05. The number of hydrogen-bond acceptors (Lipinski definition) is 9. The average Bonchev–Trinajstić information content (AvgIpc) is 3.46. The summed E-state index contributed by atoms with van der Waals surface area (Å²) in [4.78, 5) is 26.1. The molecule has 9 nitrogen and oxygen atoms in total. The Morgan fingerprint density at radius 1 is 1.38 bits per heavy atom. The number of rotatable bonds is 8. The number of nitrogens with one attached hydrogen (secondary N) is 1. The number of anilines is 1. The molecule has 29 heavy (non-hydrogen) atoms. The Kier molecular flexibility index (Phi) is 6.46. The molecule has 1 aliphatic carbocycles. The first kappa shape index (κ1) is 20.3. The van der Waals surface area contributed by atoms with Crippen molar-refractivity contribution in [2.45, 2.75) is 56.8 Å². The zero-order chi connectivity index (χ0) is 20.2. The average molecular weight is 438 g/mol. The number of thiophene rings is 1. The third kappa shape index (κ3) is 4.62. The molecule has 0 spiro atoms. The third-order valence-electron chi connectivity index (χ3n) is 4.89. The number of nitrogens with zero attached hydrogens (tertiary/aromatic N) is 4. The molecule has 3 heterocycles. The molecule has 1 aliphatic heterocycles. The van der Waals surface area contributed by atoms with E-state index in [1.807, 2.05) is 0 Å². The first-order valence-corrected chi connectivity index (χ1v) is 11.6. The summed E-state index contributed by atoms with van der Waals surface area (Å²) in [5.74, 6) is -0.418. The van der Waals surface area contributed by atoms with Crippen molar-refractivity contribution >= 4 is 40.0 Å². The monoisotopic (exact) mass is 437 g/mol. The fourth-order valence-corrected chi connectivity index (χ4v) is 5.58. The molecule has 0 saturated carbocycles. The van der Waals surface area contributed by atoms with E-state index in [0.717, 1.165) is 49.2 Å². The van der Waals surface area contributed by atoms with Crippen molar-refractivity contribution in [2.24, 2.45) is 0 Å². The van der Waals surface area contributed by atoms with E-state index in [-0.39, 0.29) is 23.7 Å². The van der Waals surface area contributed by atoms with Gasteiger partial charge in [0, 0.05) is 11.5 Å². The topological polar surface area (TPSA) is 108 Å². The van der Waals surface area contributed by atoms with Crippen LogP contribution in [0.1, 0.15) is 47.0 Å². The van der Waals surface area contributed by atoms with Crippen LogP contribution >= 0.6 is 23.1 Å². The van der Waals surface area contributed by atoms with Crippen LogP contribution in [0.3, 0.4) is 0 Å². The van der Waals surface area contributed by atoms with E-state index in [1.54, 1.807) is 11.6 Å². The van der Waals surface area contributed by atoms with Gasteiger partial charge in [0.05, 0.1) is 30.6 Å². The molecule has 156 valence electrons. The van der Waals surface area contributed by atoms with Gasteiger partial charge in [0.2, 0.25) is 11.1 Å². The lowest BCUT2D eigenvalue weighted by molar-refractivity contribution is -0.113. The van der Waals surface area contributed by atoms with Crippen molar-refractivity contribution in [3.63, 3.8) is 0 Å². The number of aromatic nitrogens is 4. The van der Waals surface area contributed by atoms with Crippen molar-refractivity contribution in [1.29, 1.82) is 0 Å². The lowest BCUT2D eigenvalue weighted by Crippen LogP contribution is -2.19. The minimum absolute atomic E-state index is 0.118. The largest absolute Gasteiger partial charge is 0.462 e. The fraction of sp³-hybridized carbons (Fsp3) is 0.611. The van der Waals surface area contributed by atoms with Gasteiger partial charge in [-0.3, -0.25) is 4.79 Å². The second-order valence-corrected chi connectivity index (χ2v) is 8.95. The maximum Gasteiger partial charge on any atom is 0.341 e. The Morgan fingerprint density at radius 3 is 3.07 bits per heavy atom. The van der Waals surface area contributed by atoms with Gasteiger partial charge in [0.25, 0.3) is 0 Å². The molecule has 2 aromatic rings. The molecule has 1 fully saturated rings. The van der Waals surface area contributed by atoms with E-state index in [0.29, 0.717) is 28.9 Å². The highest BCUT2D eigenvalue weighted by Gasteiger charge is 2.28. The number of tetrazole rings is 1. The van der Waals surface area contributed by atoms with Gasteiger partial charge in [-0.2, -0.15) is 0 Å². The lowest BCUT2D eigenvalue weighted by Gasteiger charge is -2.10. The van der Waals surface area contributed by atoms with E-state index in [9.17, 15) is 9.59 Å². The highest BCUT2D eigenvalue weighted by Crippen LogP contribution is 2.39. The van der Waals surface area contributed by atoms with Gasteiger partial charge in [-0.15, -0.1) is 16.4 Å². The summed E-state index contributed by atoms with van der Waals surface area (Å²) in [7, 11) is 0. The molecule has 1 amide bonds. The minimum atomic E-state index is -0.365. The molecule has 1 N–H and O–H groups in total. The Labute approximate surface area is 176 Å². The van der Waals surface area contributed by atoms with Crippen molar-refractivity contribution in [3.05, 3.63) is 16.0 Å². The Hall–Kier alpha value is -1.98. The van der Waals surface area contributed by atoms with E-state index < -0.39 is 0 Å². The van der Waals surface area contributed by atoms with Gasteiger partial charge in [-0.05, 0) is 55.0 Å². The Balaban J connectivity index is 1.38. The lowest BCUT2D eigenvalue weighted by atomic mass is 10.1. The highest BCUT2D eigenvalue weighted by molar-refractivity contribution is 7.99. The van der Waals surface area contributed by atoms with Crippen LogP contribution in [-0.4, -0.2) is 57.2 Å². The van der Waals surface area contributed by atoms with Crippen LogP contribution < -0.4 is 5.32 Å². The molecule has 0 bridgehead atoms. The molecule has 1 saturated heterocycles. The summed E-state index contributed by atoms with van der Waals surface area (Å²) in [6.45, 7) is 3.44. The maximum absolute atomic E-state index is 12.5. The van der Waals surface area contributed by atoms with Crippen LogP contribution in [0.4, 0.5) is 5.00 Å². The number of carbonyl (C=O) groups excluding carboxylic acids is 2. The normalized spacial score (nSPS) is 18.0. The number of thioether (sulfide) groups is 1. The molecular formula is C18H23N5O4S2. The molecule has 1 atom stereocenters. The molecule has 2 aliphatic rings. The van der Waals surface area contributed by atoms with E-state index >= 15 is 0 Å². The van der Waals surface area contributed by atoms with Gasteiger partial charge in [-0.1, -0.05) is 11.8 Å². The first-order chi connectivity index (χ1) is 14.2. The molecular weight excluding hydrogens is 414 g/mol. The minimum Gasteiger partial charge on any atom is -0.462 e. The molecule has 4 rings (SSSR count). The number of aryl methyl sites for hydroxylation is 1. The first-order valence-electron chi connectivity index (χ1n) is 9.77. The fourth-order valence-electron chi connectivity index (χ4n) is 3.60. The van der Waals surface area contributed by atoms with Crippen LogP contribution in [0.15, 0.2) is 5.16 Å². The zero-order valence-electron chi connectivity index (χ0n) is 16.2. The molecule has 2 aromatic heterocycles. The molecule has 0 radical (unpaired) electrons. The Morgan fingerprint density at radius 2 is 2.28 bits per heavy atom. The van der Waals surface area contributed by atoms with Gasteiger partial charge in [-0.25, -0.2) is 9.48 Å². The number of fused-ring (bicyclic) bond motifs is 1. The quantitative estimate of drug-likeness (QED) is 0.495. The van der Waals surface area contributed by atoms with Crippen LogP contribution in [0.5, 0.6) is 0 Å². The zero-order valence-corrected chi connectivity index (χ0v) is 17.8. The van der Waals surface area contributed by atoms with Crippen molar-refractivity contribution in [3.8, 4) is 0 Å². The van der Waals surface area contributed by atoms with Crippen LogP contribution in [0, 0.1) is 0 Å². The number of amides is 1. The molecule has 0 aromatic carbocycles. The van der Waals surface area contributed by atoms with Gasteiger partial charge in [0.15, 0.2) is 0 Å². The summed E-state index contributed by atoms with van der Waals surface area (Å²) in [6.07, 6.45) is 4.98. The summed E-state index contributed by atoms with van der Waals surface area (Å²) in [5.41, 5.74) is 1.54. The number of ether oxygens (including phenoxy) is 2. The van der Waals surface area contributed by atoms with Crippen LogP contribution in [0.2, 0.25) is 0 Å². The second kappa shape index (κ2) is 9.23. The van der Waals surface area contributed by atoms with Crippen molar-refractivity contribution in [1.82, 2.24) is 20.2 Å². The number of carbonyl (C=O) groups is 2. The SMILES string of the molecule is CCOC(=O)c1c(NC(=O)CSc2nnnn2CC2CCCO2)sc2c1CCC2. The number of hydrogen-bond donors (Lipinski definition) is 1. The van der Waals surface area contributed by atoms with E-state index in [2.05, 4.69) is 20.8 Å².